The van der Waals surface area contributed by atoms with Crippen molar-refractivity contribution in [2.75, 3.05) is 0 Å². The summed E-state index contributed by atoms with van der Waals surface area (Å²) in [5.41, 5.74) is 0. The van der Waals surface area contributed by atoms with Crippen molar-refractivity contribution < 1.29 is 0 Å². The van der Waals surface area contributed by atoms with E-state index in [0.29, 0.717) is 18.0 Å². The second-order valence-electron chi connectivity index (χ2n) is 5.33. The molecule has 3 nitrogen and oxygen atoms in total. The van der Waals surface area contributed by atoms with Crippen molar-refractivity contribution in [3.05, 3.63) is 0 Å². The van der Waals surface area contributed by atoms with Crippen LogP contribution in [0.1, 0.15) is 64.2 Å². The second-order valence-corrected chi connectivity index (χ2v) is 5.33. The first kappa shape index (κ1) is 11.7. The molecule has 2 fully saturated rings. The Morgan fingerprint density at radius 1 is 0.688 bits per heavy atom. The molecule has 0 unspecified atom stereocenters. The zero-order valence-electron chi connectivity index (χ0n) is 10.2. The first-order valence-corrected chi connectivity index (χ1v) is 6.96. The Labute approximate surface area is 98.9 Å². The zero-order valence-corrected chi connectivity index (χ0v) is 10.2. The van der Waals surface area contributed by atoms with E-state index in [1.54, 1.807) is 0 Å². The van der Waals surface area contributed by atoms with Crippen LogP contribution >= 0.6 is 0 Å². The molecule has 2 aliphatic rings. The van der Waals surface area contributed by atoms with E-state index in [2.05, 4.69) is 10.6 Å². The lowest BCUT2D eigenvalue weighted by molar-refractivity contribution is 0.388. The Kier molecular flexibility index (Phi) is 4.49. The Morgan fingerprint density at radius 2 is 1.06 bits per heavy atom. The van der Waals surface area contributed by atoms with Crippen LogP contribution < -0.4 is 10.6 Å². The van der Waals surface area contributed by atoms with Gasteiger partial charge in [-0.2, -0.15) is 0 Å². The van der Waals surface area contributed by atoms with E-state index in [4.69, 9.17) is 5.41 Å². The van der Waals surface area contributed by atoms with Crippen LogP contribution in [0.4, 0.5) is 0 Å². The minimum atomic E-state index is 0.553. The van der Waals surface area contributed by atoms with E-state index >= 15 is 0 Å². The van der Waals surface area contributed by atoms with Gasteiger partial charge < -0.3 is 10.6 Å². The SMILES string of the molecule is N=C(NC1CCCCC1)NC1CCCCC1. The molecule has 0 heterocycles. The van der Waals surface area contributed by atoms with Crippen LogP contribution in [-0.2, 0) is 0 Å². The Balaban J connectivity index is 1.66. The van der Waals surface area contributed by atoms with Gasteiger partial charge in [0, 0.05) is 12.1 Å². The quantitative estimate of drug-likeness (QED) is 0.498. The molecule has 0 radical (unpaired) electrons. The van der Waals surface area contributed by atoms with Crippen molar-refractivity contribution in [2.45, 2.75) is 76.3 Å². The topological polar surface area (TPSA) is 47.9 Å². The highest BCUT2D eigenvalue weighted by Crippen LogP contribution is 2.18. The number of guanidine groups is 1. The predicted molar refractivity (Wildman–Crippen MR) is 67.7 cm³/mol. The maximum atomic E-state index is 7.94. The molecule has 0 saturated heterocycles. The Bertz CT molecular complexity index is 193. The highest BCUT2D eigenvalue weighted by atomic mass is 15.2. The summed E-state index contributed by atoms with van der Waals surface area (Å²) in [5, 5.41) is 14.6. The van der Waals surface area contributed by atoms with E-state index in [0.717, 1.165) is 0 Å². The molecule has 2 rings (SSSR count). The molecular formula is C13H25N3. The van der Waals surface area contributed by atoms with E-state index in [9.17, 15) is 0 Å². The lowest BCUT2D eigenvalue weighted by Crippen LogP contribution is -2.47. The standard InChI is InChI=1S/C13H25N3/c14-13(15-11-7-3-1-4-8-11)16-12-9-5-2-6-10-12/h11-12H,1-10H2,(H3,14,15,16). The van der Waals surface area contributed by atoms with Crippen molar-refractivity contribution in [3.63, 3.8) is 0 Å². The van der Waals surface area contributed by atoms with Gasteiger partial charge in [0.15, 0.2) is 5.96 Å². The van der Waals surface area contributed by atoms with Crippen LogP contribution in [0.5, 0.6) is 0 Å². The highest BCUT2D eigenvalue weighted by Gasteiger charge is 2.17. The number of nitrogens with one attached hydrogen (secondary N) is 3. The van der Waals surface area contributed by atoms with Crippen molar-refractivity contribution >= 4 is 5.96 Å². The van der Waals surface area contributed by atoms with Gasteiger partial charge in [-0.3, -0.25) is 5.41 Å². The molecule has 2 aliphatic carbocycles. The Morgan fingerprint density at radius 3 is 1.44 bits per heavy atom. The van der Waals surface area contributed by atoms with Gasteiger partial charge in [-0.15, -0.1) is 0 Å². The summed E-state index contributed by atoms with van der Waals surface area (Å²) < 4.78 is 0. The zero-order chi connectivity index (χ0) is 11.2. The summed E-state index contributed by atoms with van der Waals surface area (Å²) in [6, 6.07) is 1.11. The fraction of sp³-hybridized carbons (Fsp3) is 0.923. The molecule has 0 aromatic heterocycles. The third-order valence-electron chi connectivity index (χ3n) is 3.91. The Hall–Kier alpha value is -0.730. The molecule has 92 valence electrons. The van der Waals surface area contributed by atoms with Gasteiger partial charge in [-0.05, 0) is 25.7 Å². The van der Waals surface area contributed by atoms with Crippen molar-refractivity contribution in [1.29, 1.82) is 5.41 Å². The van der Waals surface area contributed by atoms with Crippen LogP contribution in [-0.4, -0.2) is 18.0 Å². The van der Waals surface area contributed by atoms with E-state index in [-0.39, 0.29) is 0 Å². The lowest BCUT2D eigenvalue weighted by atomic mass is 9.95. The molecule has 0 aromatic rings. The molecule has 3 N–H and O–H groups in total. The fourth-order valence-corrected chi connectivity index (χ4v) is 2.94. The molecule has 0 spiro atoms. The average molecular weight is 223 g/mol. The molecule has 0 aliphatic heterocycles. The first-order valence-electron chi connectivity index (χ1n) is 6.96. The molecule has 3 heteroatoms. The molecule has 0 aromatic carbocycles. The van der Waals surface area contributed by atoms with Gasteiger partial charge in [0.2, 0.25) is 0 Å². The molecule has 16 heavy (non-hydrogen) atoms. The summed E-state index contributed by atoms with van der Waals surface area (Å²) in [6.45, 7) is 0. The molecule has 0 atom stereocenters. The second kappa shape index (κ2) is 6.12. The highest BCUT2D eigenvalue weighted by molar-refractivity contribution is 5.77. The predicted octanol–water partition coefficient (Wildman–Crippen LogP) is 2.77. The van der Waals surface area contributed by atoms with Gasteiger partial charge in [0.05, 0.1) is 0 Å². The monoisotopic (exact) mass is 223 g/mol. The minimum absolute atomic E-state index is 0.553. The van der Waals surface area contributed by atoms with Gasteiger partial charge >= 0.3 is 0 Å². The van der Waals surface area contributed by atoms with Crippen molar-refractivity contribution in [1.82, 2.24) is 10.6 Å². The van der Waals surface area contributed by atoms with Crippen molar-refractivity contribution in [3.8, 4) is 0 Å². The summed E-state index contributed by atoms with van der Waals surface area (Å²) in [4.78, 5) is 0. The fourth-order valence-electron chi connectivity index (χ4n) is 2.94. The number of rotatable bonds is 2. The molecule has 0 bridgehead atoms. The molecule has 2 saturated carbocycles. The van der Waals surface area contributed by atoms with Crippen LogP contribution in [0.15, 0.2) is 0 Å². The van der Waals surface area contributed by atoms with E-state index in [1.165, 1.54) is 64.2 Å². The molecule has 0 amide bonds. The summed E-state index contributed by atoms with van der Waals surface area (Å²) in [7, 11) is 0. The smallest absolute Gasteiger partial charge is 0.188 e. The van der Waals surface area contributed by atoms with E-state index < -0.39 is 0 Å². The maximum absolute atomic E-state index is 7.94. The van der Waals surface area contributed by atoms with Gasteiger partial charge in [-0.25, -0.2) is 0 Å². The third-order valence-corrected chi connectivity index (χ3v) is 3.91. The maximum Gasteiger partial charge on any atom is 0.188 e. The van der Waals surface area contributed by atoms with Crippen LogP contribution in [0.2, 0.25) is 0 Å². The average Bonchev–Trinajstić information content (AvgIpc) is 2.31. The summed E-state index contributed by atoms with van der Waals surface area (Å²) >= 11 is 0. The molecular weight excluding hydrogens is 198 g/mol. The van der Waals surface area contributed by atoms with Crippen LogP contribution in [0.3, 0.4) is 0 Å². The number of hydrogen-bond acceptors (Lipinski definition) is 1. The first-order chi connectivity index (χ1) is 7.84. The van der Waals surface area contributed by atoms with Crippen LogP contribution in [0, 0.1) is 5.41 Å². The van der Waals surface area contributed by atoms with Crippen molar-refractivity contribution in [2.24, 2.45) is 0 Å². The summed E-state index contributed by atoms with van der Waals surface area (Å²) in [6.07, 6.45) is 13.0. The van der Waals surface area contributed by atoms with E-state index in [1.807, 2.05) is 0 Å². The largest absolute Gasteiger partial charge is 0.354 e. The van der Waals surface area contributed by atoms with Crippen LogP contribution in [0.25, 0.3) is 0 Å². The van der Waals surface area contributed by atoms with Gasteiger partial charge in [-0.1, -0.05) is 38.5 Å². The normalized spacial score (nSPS) is 24.0. The van der Waals surface area contributed by atoms with Gasteiger partial charge in [0.1, 0.15) is 0 Å². The minimum Gasteiger partial charge on any atom is -0.354 e. The lowest BCUT2D eigenvalue weighted by Gasteiger charge is -2.28. The summed E-state index contributed by atoms with van der Waals surface area (Å²) in [5.74, 6) is 0.568. The van der Waals surface area contributed by atoms with Gasteiger partial charge in [0.25, 0.3) is 0 Å². The number of hydrogen-bond donors (Lipinski definition) is 3. The third kappa shape index (κ3) is 3.69.